The lowest BCUT2D eigenvalue weighted by Gasteiger charge is -2.11. The smallest absolute Gasteiger partial charge is 0.338 e. The third-order valence-electron chi connectivity index (χ3n) is 6.51. The Balaban J connectivity index is 1.09. The van der Waals surface area contributed by atoms with Gasteiger partial charge in [-0.1, -0.05) is 131 Å². The Labute approximate surface area is 217 Å². The minimum absolute atomic E-state index is 0.212. The van der Waals surface area contributed by atoms with E-state index in [1.165, 1.54) is 68.9 Å². The molecule has 192 valence electrons. The number of esters is 1. The number of unbranched alkanes of at least 4 members (excludes halogenated alkanes) is 11. The fraction of sp³-hybridized carbons (Fsp3) is 0.424. The number of rotatable bonds is 18. The van der Waals surface area contributed by atoms with Gasteiger partial charge in [0.25, 0.3) is 0 Å². The van der Waals surface area contributed by atoms with Crippen LogP contribution in [0.1, 0.15) is 87.4 Å². The monoisotopic (exact) mass is 486 g/mol. The van der Waals surface area contributed by atoms with Crippen LogP contribution in [-0.4, -0.2) is 19.2 Å². The fourth-order valence-corrected chi connectivity index (χ4v) is 4.43. The van der Waals surface area contributed by atoms with Gasteiger partial charge >= 0.3 is 5.97 Å². The van der Waals surface area contributed by atoms with E-state index < -0.39 is 0 Å². The molecule has 0 aliphatic heterocycles. The summed E-state index contributed by atoms with van der Waals surface area (Å²) in [5.74, 6) is 0.772. The first kappa shape index (κ1) is 27.5. The van der Waals surface area contributed by atoms with Crippen molar-refractivity contribution in [1.29, 1.82) is 0 Å². The molecule has 3 heteroatoms. The molecule has 0 saturated carbocycles. The second-order valence-corrected chi connectivity index (χ2v) is 9.46. The molecule has 0 spiro atoms. The van der Waals surface area contributed by atoms with Gasteiger partial charge in [0.1, 0.15) is 5.75 Å². The lowest BCUT2D eigenvalue weighted by Crippen LogP contribution is -2.06. The van der Waals surface area contributed by atoms with Crippen molar-refractivity contribution in [3.63, 3.8) is 0 Å². The van der Waals surface area contributed by atoms with Crippen molar-refractivity contribution in [1.82, 2.24) is 0 Å². The summed E-state index contributed by atoms with van der Waals surface area (Å²) in [6.45, 7) is 1.31. The predicted molar refractivity (Wildman–Crippen MR) is 150 cm³/mol. The fourth-order valence-electron chi connectivity index (χ4n) is 4.43. The Morgan fingerprint density at radius 2 is 0.972 bits per heavy atom. The molecule has 3 aromatic rings. The minimum atomic E-state index is -0.212. The number of carbonyl (C=O) groups excluding carboxylic acids is 1. The van der Waals surface area contributed by atoms with E-state index in [9.17, 15) is 4.79 Å². The maximum atomic E-state index is 11.9. The van der Waals surface area contributed by atoms with Gasteiger partial charge in [0.2, 0.25) is 0 Å². The van der Waals surface area contributed by atoms with Crippen LogP contribution in [0.5, 0.6) is 5.75 Å². The summed E-state index contributed by atoms with van der Waals surface area (Å²) in [7, 11) is 0. The largest absolute Gasteiger partial charge is 0.493 e. The highest BCUT2D eigenvalue weighted by Crippen LogP contribution is 2.29. The first-order valence-electron chi connectivity index (χ1n) is 13.8. The lowest BCUT2D eigenvalue weighted by atomic mass is 10.0. The van der Waals surface area contributed by atoms with Gasteiger partial charge in [0.05, 0.1) is 18.8 Å². The Morgan fingerprint density at radius 1 is 0.500 bits per heavy atom. The number of para-hydroxylation sites is 1. The maximum Gasteiger partial charge on any atom is 0.338 e. The van der Waals surface area contributed by atoms with Crippen LogP contribution in [0, 0.1) is 0 Å². The number of benzene rings is 3. The quantitative estimate of drug-likeness (QED) is 0.133. The van der Waals surface area contributed by atoms with Crippen LogP contribution >= 0.6 is 0 Å². The topological polar surface area (TPSA) is 35.5 Å². The molecule has 0 radical (unpaired) electrons. The highest BCUT2D eigenvalue weighted by Gasteiger charge is 2.06. The predicted octanol–water partition coefficient (Wildman–Crippen LogP) is 9.27. The molecule has 3 nitrogen and oxygen atoms in total. The van der Waals surface area contributed by atoms with Crippen LogP contribution in [0.2, 0.25) is 0 Å². The number of hydrogen-bond donors (Lipinski definition) is 0. The normalized spacial score (nSPS) is 10.8. The Bertz CT molecular complexity index is 968. The molecule has 0 amide bonds. The molecule has 0 fully saturated rings. The summed E-state index contributed by atoms with van der Waals surface area (Å²) in [4.78, 5) is 11.9. The highest BCUT2D eigenvalue weighted by atomic mass is 16.5. The van der Waals surface area contributed by atoms with Crippen LogP contribution < -0.4 is 4.74 Å². The van der Waals surface area contributed by atoms with E-state index in [-0.39, 0.29) is 5.97 Å². The van der Waals surface area contributed by atoms with Gasteiger partial charge in [-0.3, -0.25) is 0 Å². The molecule has 0 bridgehead atoms. The van der Waals surface area contributed by atoms with Gasteiger partial charge in [-0.25, -0.2) is 4.79 Å². The lowest BCUT2D eigenvalue weighted by molar-refractivity contribution is 0.0497. The molecular formula is C33H42O3. The molecule has 0 aromatic heterocycles. The first-order chi connectivity index (χ1) is 17.8. The van der Waals surface area contributed by atoms with Crippen molar-refractivity contribution in [2.75, 3.05) is 13.2 Å². The Morgan fingerprint density at radius 3 is 1.58 bits per heavy atom. The van der Waals surface area contributed by atoms with Crippen LogP contribution in [0.3, 0.4) is 0 Å². The third kappa shape index (κ3) is 10.7. The van der Waals surface area contributed by atoms with E-state index in [0.29, 0.717) is 12.2 Å². The maximum absolute atomic E-state index is 11.9. The van der Waals surface area contributed by atoms with E-state index in [1.54, 1.807) is 12.1 Å². The molecule has 0 heterocycles. The summed E-state index contributed by atoms with van der Waals surface area (Å²) >= 11 is 0. The summed E-state index contributed by atoms with van der Waals surface area (Å²) in [6.07, 6.45) is 14.9. The Kier molecular flexibility index (Phi) is 13.3. The van der Waals surface area contributed by atoms with Crippen molar-refractivity contribution in [2.45, 2.75) is 77.0 Å². The van der Waals surface area contributed by atoms with Gasteiger partial charge in [-0.05, 0) is 36.6 Å². The van der Waals surface area contributed by atoms with Gasteiger partial charge in [0.15, 0.2) is 0 Å². The van der Waals surface area contributed by atoms with E-state index in [4.69, 9.17) is 9.47 Å². The van der Waals surface area contributed by atoms with E-state index in [1.807, 2.05) is 30.3 Å². The molecule has 0 N–H and O–H groups in total. The Hall–Kier alpha value is -3.07. The van der Waals surface area contributed by atoms with E-state index >= 15 is 0 Å². The molecule has 3 aromatic carbocycles. The van der Waals surface area contributed by atoms with E-state index in [2.05, 4.69) is 42.5 Å². The van der Waals surface area contributed by atoms with Gasteiger partial charge in [-0.2, -0.15) is 0 Å². The highest BCUT2D eigenvalue weighted by molar-refractivity contribution is 5.89. The number of ether oxygens (including phenoxy) is 2. The zero-order chi connectivity index (χ0) is 25.1. The molecule has 36 heavy (non-hydrogen) atoms. The summed E-state index contributed by atoms with van der Waals surface area (Å²) < 4.78 is 11.4. The first-order valence-corrected chi connectivity index (χ1v) is 13.8. The standard InChI is InChI=1S/C33H42O3/c34-33(30-23-15-12-16-24-30)36-28-20-10-8-6-4-2-1-3-5-7-9-19-27-35-32-26-18-17-25-31(32)29-21-13-11-14-22-29/h11-18,21-26H,1-10,19-20,27-28H2. The molecule has 0 atom stereocenters. The van der Waals surface area contributed by atoms with Crippen molar-refractivity contribution in [3.8, 4) is 16.9 Å². The van der Waals surface area contributed by atoms with Gasteiger partial charge < -0.3 is 9.47 Å². The summed E-state index contributed by atoms with van der Waals surface area (Å²) in [5, 5.41) is 0. The minimum Gasteiger partial charge on any atom is -0.493 e. The van der Waals surface area contributed by atoms with E-state index in [0.717, 1.165) is 31.6 Å². The van der Waals surface area contributed by atoms with Gasteiger partial charge in [0, 0.05) is 5.56 Å². The summed E-state index contributed by atoms with van der Waals surface area (Å²) in [5.41, 5.74) is 3.01. The van der Waals surface area contributed by atoms with Crippen LogP contribution in [0.25, 0.3) is 11.1 Å². The molecule has 0 aliphatic carbocycles. The molecule has 0 unspecified atom stereocenters. The second-order valence-electron chi connectivity index (χ2n) is 9.46. The molecular weight excluding hydrogens is 444 g/mol. The second kappa shape index (κ2) is 17.4. The summed E-state index contributed by atoms with van der Waals surface area (Å²) in [6, 6.07) is 28.0. The number of carbonyl (C=O) groups is 1. The zero-order valence-electron chi connectivity index (χ0n) is 21.7. The van der Waals surface area contributed by atoms with Crippen molar-refractivity contribution in [2.24, 2.45) is 0 Å². The van der Waals surface area contributed by atoms with Crippen LogP contribution in [0.4, 0.5) is 0 Å². The molecule has 0 aliphatic rings. The average Bonchev–Trinajstić information content (AvgIpc) is 2.94. The van der Waals surface area contributed by atoms with Crippen LogP contribution in [-0.2, 0) is 4.74 Å². The average molecular weight is 487 g/mol. The SMILES string of the molecule is O=C(OCCCCCCCCCCCCCCOc1ccccc1-c1ccccc1)c1ccccc1. The van der Waals surface area contributed by atoms with Crippen molar-refractivity contribution in [3.05, 3.63) is 90.5 Å². The van der Waals surface area contributed by atoms with Crippen molar-refractivity contribution < 1.29 is 14.3 Å². The van der Waals surface area contributed by atoms with Crippen molar-refractivity contribution >= 4 is 5.97 Å². The third-order valence-corrected chi connectivity index (χ3v) is 6.51. The molecule has 0 saturated heterocycles. The molecule has 3 rings (SSSR count). The number of hydrogen-bond acceptors (Lipinski definition) is 3. The van der Waals surface area contributed by atoms with Gasteiger partial charge in [-0.15, -0.1) is 0 Å². The van der Waals surface area contributed by atoms with Crippen LogP contribution in [0.15, 0.2) is 84.9 Å². The zero-order valence-corrected chi connectivity index (χ0v) is 21.7.